The van der Waals surface area contributed by atoms with Gasteiger partial charge >= 0.3 is 0 Å². The zero-order valence-corrected chi connectivity index (χ0v) is 30.4. The molecule has 0 aliphatic heterocycles. The Morgan fingerprint density at radius 3 is 1.46 bits per heavy atom. The van der Waals surface area contributed by atoms with E-state index in [2.05, 4.69) is 217 Å². The van der Waals surface area contributed by atoms with Crippen molar-refractivity contribution in [2.45, 2.75) is 0 Å². The first-order valence-electron chi connectivity index (χ1n) is 18.4. The lowest BCUT2D eigenvalue weighted by molar-refractivity contribution is 1.29. The van der Waals surface area contributed by atoms with Crippen LogP contribution in [0.2, 0.25) is 0 Å². The van der Waals surface area contributed by atoms with Crippen molar-refractivity contribution in [2.24, 2.45) is 0 Å². The SMILES string of the molecule is c1ccc(-c2ccc(N(c3ccc(-c4cc5ccccc5cc4-c4ccccc4)cc3)c3ccc4c(c3)sc3ccccc34)c(-c3ccccc3)c2)cc1. The highest BCUT2D eigenvalue weighted by atomic mass is 32.1. The van der Waals surface area contributed by atoms with Crippen LogP contribution in [0.15, 0.2) is 212 Å². The van der Waals surface area contributed by atoms with Gasteiger partial charge in [0, 0.05) is 37.1 Å². The van der Waals surface area contributed by atoms with Gasteiger partial charge in [0.25, 0.3) is 0 Å². The van der Waals surface area contributed by atoms with Gasteiger partial charge in [0.15, 0.2) is 0 Å². The van der Waals surface area contributed by atoms with Crippen LogP contribution in [0.5, 0.6) is 0 Å². The van der Waals surface area contributed by atoms with Gasteiger partial charge in [-0.1, -0.05) is 158 Å². The molecule has 0 fully saturated rings. The van der Waals surface area contributed by atoms with E-state index in [1.165, 1.54) is 75.5 Å². The number of anilines is 3. The third-order valence-corrected chi connectivity index (χ3v) is 11.6. The van der Waals surface area contributed by atoms with E-state index in [0.29, 0.717) is 0 Å². The van der Waals surface area contributed by atoms with Crippen molar-refractivity contribution in [3.63, 3.8) is 0 Å². The van der Waals surface area contributed by atoms with Crippen molar-refractivity contribution in [3.05, 3.63) is 212 Å². The molecule has 54 heavy (non-hydrogen) atoms. The molecule has 254 valence electrons. The standard InChI is InChI=1S/C52H35NS/c1-4-14-36(15-5-1)42-26-31-50(49(34-42)38-18-8-3-9-19-38)53(44-29-30-46-45-22-12-13-23-51(45)54-52(46)35-44)43-27-24-39(25-28-43)48-33-41-21-11-10-20-40(41)32-47(48)37-16-6-2-7-17-37/h1-35H. The first-order chi connectivity index (χ1) is 26.8. The summed E-state index contributed by atoms with van der Waals surface area (Å²) in [7, 11) is 0. The maximum Gasteiger partial charge on any atom is 0.0540 e. The van der Waals surface area contributed by atoms with Crippen molar-refractivity contribution >= 4 is 59.3 Å². The van der Waals surface area contributed by atoms with Gasteiger partial charge in [0.1, 0.15) is 0 Å². The quantitative estimate of drug-likeness (QED) is 0.160. The van der Waals surface area contributed by atoms with Gasteiger partial charge in [-0.25, -0.2) is 0 Å². The molecule has 0 N–H and O–H groups in total. The van der Waals surface area contributed by atoms with Crippen LogP contribution in [0.4, 0.5) is 17.1 Å². The minimum Gasteiger partial charge on any atom is -0.310 e. The first-order valence-corrected chi connectivity index (χ1v) is 19.2. The fourth-order valence-electron chi connectivity index (χ4n) is 7.80. The zero-order chi connectivity index (χ0) is 35.8. The Labute approximate surface area is 319 Å². The van der Waals surface area contributed by atoms with E-state index >= 15 is 0 Å². The topological polar surface area (TPSA) is 3.24 Å². The summed E-state index contributed by atoms with van der Waals surface area (Å²) in [6, 6.07) is 77.2. The van der Waals surface area contributed by atoms with Crippen molar-refractivity contribution in [3.8, 4) is 44.5 Å². The summed E-state index contributed by atoms with van der Waals surface area (Å²) < 4.78 is 2.59. The minimum absolute atomic E-state index is 1.10. The molecule has 0 bridgehead atoms. The molecule has 0 amide bonds. The van der Waals surface area contributed by atoms with Crippen LogP contribution in [0, 0.1) is 0 Å². The summed E-state index contributed by atoms with van der Waals surface area (Å²) in [6.45, 7) is 0. The van der Waals surface area contributed by atoms with Crippen LogP contribution in [-0.4, -0.2) is 0 Å². The van der Waals surface area contributed by atoms with Crippen LogP contribution in [0.3, 0.4) is 0 Å². The molecule has 0 atom stereocenters. The summed E-state index contributed by atoms with van der Waals surface area (Å²) in [5.74, 6) is 0. The molecule has 10 rings (SSSR count). The molecule has 1 heterocycles. The lowest BCUT2D eigenvalue weighted by Gasteiger charge is -2.29. The maximum atomic E-state index is 2.43. The summed E-state index contributed by atoms with van der Waals surface area (Å²) in [5.41, 5.74) is 13.0. The smallest absolute Gasteiger partial charge is 0.0540 e. The van der Waals surface area contributed by atoms with Gasteiger partial charge in [-0.2, -0.15) is 0 Å². The predicted octanol–water partition coefficient (Wildman–Crippen LogP) is 15.3. The molecular weight excluding hydrogens is 671 g/mol. The molecule has 10 aromatic rings. The minimum atomic E-state index is 1.10. The molecule has 0 saturated carbocycles. The maximum absolute atomic E-state index is 2.43. The number of nitrogens with zero attached hydrogens (tertiary/aromatic N) is 1. The van der Waals surface area contributed by atoms with Crippen LogP contribution in [-0.2, 0) is 0 Å². The van der Waals surface area contributed by atoms with E-state index in [1.807, 2.05) is 11.3 Å². The van der Waals surface area contributed by atoms with Crippen molar-refractivity contribution in [1.29, 1.82) is 0 Å². The average molecular weight is 706 g/mol. The average Bonchev–Trinajstić information content (AvgIpc) is 3.63. The Balaban J connectivity index is 1.17. The summed E-state index contributed by atoms with van der Waals surface area (Å²) in [6.07, 6.45) is 0. The lowest BCUT2D eigenvalue weighted by Crippen LogP contribution is -2.11. The number of benzene rings is 9. The van der Waals surface area contributed by atoms with E-state index in [9.17, 15) is 0 Å². The monoisotopic (exact) mass is 705 g/mol. The van der Waals surface area contributed by atoms with Gasteiger partial charge in [0.2, 0.25) is 0 Å². The molecule has 0 aliphatic rings. The molecule has 9 aromatic carbocycles. The van der Waals surface area contributed by atoms with E-state index in [1.54, 1.807) is 0 Å². The van der Waals surface area contributed by atoms with Gasteiger partial charge in [0.05, 0.1) is 5.69 Å². The predicted molar refractivity (Wildman–Crippen MR) is 233 cm³/mol. The fraction of sp³-hybridized carbons (Fsp3) is 0. The normalized spacial score (nSPS) is 11.3. The molecule has 0 radical (unpaired) electrons. The second-order valence-corrected chi connectivity index (χ2v) is 14.8. The first kappa shape index (κ1) is 32.0. The highest BCUT2D eigenvalue weighted by Gasteiger charge is 2.20. The fourth-order valence-corrected chi connectivity index (χ4v) is 8.94. The van der Waals surface area contributed by atoms with E-state index in [4.69, 9.17) is 0 Å². The Bertz CT molecular complexity index is 2910. The highest BCUT2D eigenvalue weighted by molar-refractivity contribution is 7.25. The number of fused-ring (bicyclic) bond motifs is 4. The van der Waals surface area contributed by atoms with Gasteiger partial charge in [-0.05, 0) is 104 Å². The molecule has 0 spiro atoms. The third kappa shape index (κ3) is 5.84. The molecule has 1 nitrogen and oxygen atoms in total. The van der Waals surface area contributed by atoms with Crippen molar-refractivity contribution in [1.82, 2.24) is 0 Å². The summed E-state index contributed by atoms with van der Waals surface area (Å²) in [5, 5.41) is 5.08. The Morgan fingerprint density at radius 2 is 0.796 bits per heavy atom. The van der Waals surface area contributed by atoms with Crippen LogP contribution in [0.25, 0.3) is 75.5 Å². The van der Waals surface area contributed by atoms with Gasteiger partial charge in [-0.3, -0.25) is 0 Å². The summed E-state index contributed by atoms with van der Waals surface area (Å²) in [4.78, 5) is 2.43. The largest absolute Gasteiger partial charge is 0.310 e. The van der Waals surface area contributed by atoms with Crippen LogP contribution >= 0.6 is 11.3 Å². The summed E-state index contributed by atoms with van der Waals surface area (Å²) >= 11 is 1.86. The Kier molecular flexibility index (Phi) is 8.09. The molecule has 0 aliphatic carbocycles. The molecule has 0 saturated heterocycles. The van der Waals surface area contributed by atoms with E-state index in [0.717, 1.165) is 17.1 Å². The van der Waals surface area contributed by atoms with Crippen molar-refractivity contribution < 1.29 is 0 Å². The molecule has 1 aromatic heterocycles. The highest BCUT2D eigenvalue weighted by Crippen LogP contribution is 2.46. The van der Waals surface area contributed by atoms with Crippen molar-refractivity contribution in [2.75, 3.05) is 4.90 Å². The second kappa shape index (κ2) is 13.7. The lowest BCUT2D eigenvalue weighted by atomic mass is 9.91. The number of hydrogen-bond donors (Lipinski definition) is 0. The second-order valence-electron chi connectivity index (χ2n) is 13.7. The number of rotatable bonds is 7. The van der Waals surface area contributed by atoms with Gasteiger partial charge in [-0.15, -0.1) is 11.3 Å². The van der Waals surface area contributed by atoms with Gasteiger partial charge < -0.3 is 4.90 Å². The van der Waals surface area contributed by atoms with E-state index in [-0.39, 0.29) is 0 Å². The number of thiophene rings is 1. The molecule has 0 unspecified atom stereocenters. The Hall–Kier alpha value is -6.74. The van der Waals surface area contributed by atoms with Crippen LogP contribution in [0.1, 0.15) is 0 Å². The number of hydrogen-bond acceptors (Lipinski definition) is 2. The molecular formula is C52H35NS. The molecule has 2 heteroatoms. The Morgan fingerprint density at radius 1 is 0.296 bits per heavy atom. The zero-order valence-electron chi connectivity index (χ0n) is 29.6. The third-order valence-electron chi connectivity index (χ3n) is 10.5. The van der Waals surface area contributed by atoms with Crippen LogP contribution < -0.4 is 4.90 Å². The van der Waals surface area contributed by atoms with E-state index < -0.39 is 0 Å².